The number of hydrogen-bond donors (Lipinski definition) is 1. The first-order chi connectivity index (χ1) is 12.4. The van der Waals surface area contributed by atoms with Gasteiger partial charge < -0.3 is 10.1 Å². The molecule has 1 amide bonds. The number of benzene rings is 1. The third-order valence-corrected chi connectivity index (χ3v) is 5.42. The monoisotopic (exact) mass is 390 g/mol. The molecule has 0 aliphatic heterocycles. The maximum atomic E-state index is 13.5. The van der Waals surface area contributed by atoms with Gasteiger partial charge in [0.05, 0.1) is 4.88 Å². The number of esters is 1. The summed E-state index contributed by atoms with van der Waals surface area (Å²) in [5.41, 5.74) is 0.932. The zero-order chi connectivity index (χ0) is 18.7. The number of thiophene rings is 1. The number of ether oxygens (including phenoxy) is 1. The van der Waals surface area contributed by atoms with Crippen molar-refractivity contribution in [3.05, 3.63) is 58.2 Å². The third-order valence-electron chi connectivity index (χ3n) is 3.54. The second-order valence-electron chi connectivity index (χ2n) is 5.52. The number of carbonyl (C=O) groups is 2. The van der Waals surface area contributed by atoms with Crippen molar-refractivity contribution >= 4 is 40.2 Å². The fraction of sp³-hybridized carbons (Fsp3) is 0.167. The maximum absolute atomic E-state index is 13.5. The SMILES string of the molecule is Cc1ccc(NC(=O)[C@@H](C)OC(=O)c2csc(-c3cccs3)n2)cc1F. The molecule has 134 valence electrons. The lowest BCUT2D eigenvalue weighted by molar-refractivity contribution is -0.123. The van der Waals surface area contributed by atoms with Gasteiger partial charge in [-0.2, -0.15) is 0 Å². The Morgan fingerprint density at radius 2 is 2.08 bits per heavy atom. The van der Waals surface area contributed by atoms with Gasteiger partial charge in [0.2, 0.25) is 0 Å². The summed E-state index contributed by atoms with van der Waals surface area (Å²) in [6.07, 6.45) is -1.04. The van der Waals surface area contributed by atoms with Crippen molar-refractivity contribution in [2.24, 2.45) is 0 Å². The Kier molecular flexibility index (Phi) is 5.43. The van der Waals surface area contributed by atoms with E-state index in [9.17, 15) is 14.0 Å². The number of anilines is 1. The zero-order valence-electron chi connectivity index (χ0n) is 14.0. The predicted octanol–water partition coefficient (Wildman–Crippen LogP) is 4.50. The fourth-order valence-corrected chi connectivity index (χ4v) is 3.67. The summed E-state index contributed by atoms with van der Waals surface area (Å²) in [5, 5.41) is 6.76. The molecule has 0 aliphatic rings. The van der Waals surface area contributed by atoms with Gasteiger partial charge in [0.1, 0.15) is 10.8 Å². The summed E-state index contributed by atoms with van der Waals surface area (Å²) in [4.78, 5) is 29.5. The molecular formula is C18H15FN2O3S2. The predicted molar refractivity (Wildman–Crippen MR) is 100 cm³/mol. The minimum Gasteiger partial charge on any atom is -0.448 e. The molecule has 8 heteroatoms. The van der Waals surface area contributed by atoms with Gasteiger partial charge in [-0.25, -0.2) is 14.2 Å². The van der Waals surface area contributed by atoms with Crippen LogP contribution in [0.1, 0.15) is 23.0 Å². The van der Waals surface area contributed by atoms with E-state index in [4.69, 9.17) is 4.74 Å². The molecule has 0 fully saturated rings. The van der Waals surface area contributed by atoms with E-state index in [2.05, 4.69) is 10.3 Å². The Labute approximate surface area is 157 Å². The molecule has 26 heavy (non-hydrogen) atoms. The van der Waals surface area contributed by atoms with Gasteiger partial charge in [-0.05, 0) is 43.0 Å². The molecule has 0 unspecified atom stereocenters. The van der Waals surface area contributed by atoms with Crippen molar-refractivity contribution < 1.29 is 18.7 Å². The van der Waals surface area contributed by atoms with Crippen LogP contribution in [0.2, 0.25) is 0 Å². The number of amides is 1. The highest BCUT2D eigenvalue weighted by Gasteiger charge is 2.21. The summed E-state index contributed by atoms with van der Waals surface area (Å²) in [6.45, 7) is 3.08. The molecule has 1 atom stereocenters. The van der Waals surface area contributed by atoms with E-state index in [0.717, 1.165) is 9.88 Å². The molecule has 0 saturated carbocycles. The quantitative estimate of drug-likeness (QED) is 0.651. The number of aromatic nitrogens is 1. The smallest absolute Gasteiger partial charge is 0.358 e. The van der Waals surface area contributed by atoms with Crippen molar-refractivity contribution in [1.82, 2.24) is 4.98 Å². The molecule has 1 N–H and O–H groups in total. The van der Waals surface area contributed by atoms with Crippen LogP contribution in [0.15, 0.2) is 41.1 Å². The average Bonchev–Trinajstić information content (AvgIpc) is 3.28. The van der Waals surface area contributed by atoms with E-state index >= 15 is 0 Å². The number of rotatable bonds is 5. The van der Waals surface area contributed by atoms with E-state index in [0.29, 0.717) is 11.3 Å². The van der Waals surface area contributed by atoms with Gasteiger partial charge in [0.25, 0.3) is 5.91 Å². The molecule has 3 rings (SSSR count). The Balaban J connectivity index is 1.61. The highest BCUT2D eigenvalue weighted by Crippen LogP contribution is 2.28. The minimum absolute atomic E-state index is 0.152. The van der Waals surface area contributed by atoms with Crippen LogP contribution in [-0.2, 0) is 9.53 Å². The van der Waals surface area contributed by atoms with Gasteiger partial charge in [-0.1, -0.05) is 12.1 Å². The number of nitrogens with one attached hydrogen (secondary N) is 1. The summed E-state index contributed by atoms with van der Waals surface area (Å²) in [7, 11) is 0. The highest BCUT2D eigenvalue weighted by molar-refractivity contribution is 7.20. The third kappa shape index (κ3) is 4.14. The van der Waals surface area contributed by atoms with Gasteiger partial charge in [-0.15, -0.1) is 22.7 Å². The molecule has 0 radical (unpaired) electrons. The standard InChI is InChI=1S/C18H15FN2O3S2/c1-10-5-6-12(8-13(10)19)20-16(22)11(2)24-18(23)14-9-26-17(21-14)15-4-3-7-25-15/h3-9,11H,1-2H3,(H,20,22)/t11-/m1/s1. The lowest BCUT2D eigenvalue weighted by Crippen LogP contribution is -2.30. The second kappa shape index (κ2) is 7.76. The van der Waals surface area contributed by atoms with Crippen molar-refractivity contribution in [1.29, 1.82) is 0 Å². The number of carbonyl (C=O) groups excluding carboxylic acids is 2. The molecule has 0 aliphatic carbocycles. The maximum Gasteiger partial charge on any atom is 0.358 e. The molecule has 1 aromatic carbocycles. The molecule has 0 spiro atoms. The highest BCUT2D eigenvalue weighted by atomic mass is 32.1. The first-order valence-electron chi connectivity index (χ1n) is 7.71. The topological polar surface area (TPSA) is 68.3 Å². The van der Waals surface area contributed by atoms with Crippen LogP contribution in [0, 0.1) is 12.7 Å². The van der Waals surface area contributed by atoms with Crippen LogP contribution in [-0.4, -0.2) is 23.0 Å². The van der Waals surface area contributed by atoms with Gasteiger partial charge in [-0.3, -0.25) is 4.79 Å². The number of nitrogens with zero attached hydrogens (tertiary/aromatic N) is 1. The number of aryl methyl sites for hydroxylation is 1. The normalized spacial score (nSPS) is 11.8. The summed E-state index contributed by atoms with van der Waals surface area (Å²) >= 11 is 2.86. The lowest BCUT2D eigenvalue weighted by atomic mass is 10.2. The van der Waals surface area contributed by atoms with E-state index in [1.807, 2.05) is 17.5 Å². The Morgan fingerprint density at radius 3 is 2.77 bits per heavy atom. The van der Waals surface area contributed by atoms with Crippen molar-refractivity contribution in [2.75, 3.05) is 5.32 Å². The number of thiazole rings is 1. The number of hydrogen-bond acceptors (Lipinski definition) is 6. The first kappa shape index (κ1) is 18.2. The van der Waals surface area contributed by atoms with Crippen LogP contribution in [0.3, 0.4) is 0 Å². The second-order valence-corrected chi connectivity index (χ2v) is 7.32. The Hall–Kier alpha value is -2.58. The number of halogens is 1. The fourth-order valence-electron chi connectivity index (χ4n) is 2.07. The van der Waals surface area contributed by atoms with Crippen LogP contribution >= 0.6 is 22.7 Å². The molecular weight excluding hydrogens is 375 g/mol. The van der Waals surface area contributed by atoms with Crippen LogP contribution < -0.4 is 5.32 Å². The molecule has 0 bridgehead atoms. The van der Waals surface area contributed by atoms with Crippen molar-refractivity contribution in [3.63, 3.8) is 0 Å². The minimum atomic E-state index is -1.04. The van der Waals surface area contributed by atoms with Crippen molar-refractivity contribution in [3.8, 4) is 9.88 Å². The van der Waals surface area contributed by atoms with Crippen LogP contribution in [0.4, 0.5) is 10.1 Å². The molecule has 5 nitrogen and oxygen atoms in total. The van der Waals surface area contributed by atoms with E-state index in [-0.39, 0.29) is 5.69 Å². The Morgan fingerprint density at radius 1 is 1.27 bits per heavy atom. The zero-order valence-corrected chi connectivity index (χ0v) is 15.6. The van der Waals surface area contributed by atoms with Crippen molar-refractivity contribution in [2.45, 2.75) is 20.0 Å². The van der Waals surface area contributed by atoms with Gasteiger partial charge >= 0.3 is 5.97 Å². The van der Waals surface area contributed by atoms with Crippen LogP contribution in [0.5, 0.6) is 0 Å². The average molecular weight is 390 g/mol. The molecule has 0 saturated heterocycles. The summed E-state index contributed by atoms with van der Waals surface area (Å²) in [6, 6.07) is 8.17. The van der Waals surface area contributed by atoms with E-state index in [1.165, 1.54) is 35.7 Å². The Bertz CT molecular complexity index is 938. The molecule has 2 aromatic heterocycles. The lowest BCUT2D eigenvalue weighted by Gasteiger charge is -2.13. The van der Waals surface area contributed by atoms with E-state index in [1.54, 1.807) is 24.4 Å². The molecule has 2 heterocycles. The summed E-state index contributed by atoms with van der Waals surface area (Å²) in [5.74, 6) is -1.65. The van der Waals surface area contributed by atoms with E-state index < -0.39 is 23.8 Å². The van der Waals surface area contributed by atoms with Crippen LogP contribution in [0.25, 0.3) is 9.88 Å². The largest absolute Gasteiger partial charge is 0.448 e. The van der Waals surface area contributed by atoms with Gasteiger partial charge in [0.15, 0.2) is 11.8 Å². The molecule has 3 aromatic rings. The van der Waals surface area contributed by atoms with Gasteiger partial charge in [0, 0.05) is 11.1 Å². The summed E-state index contributed by atoms with van der Waals surface area (Å²) < 4.78 is 18.7. The first-order valence-corrected chi connectivity index (χ1v) is 9.47.